The molecule has 1 aliphatic rings. The van der Waals surface area contributed by atoms with Crippen LogP contribution in [0.4, 0.5) is 4.39 Å². The van der Waals surface area contributed by atoms with Crippen molar-refractivity contribution in [3.63, 3.8) is 0 Å². The summed E-state index contributed by atoms with van der Waals surface area (Å²) in [6.45, 7) is 1.77. The summed E-state index contributed by atoms with van der Waals surface area (Å²) >= 11 is 0. The highest BCUT2D eigenvalue weighted by atomic mass is 32.2. The van der Waals surface area contributed by atoms with E-state index in [1.165, 1.54) is 12.1 Å². The van der Waals surface area contributed by atoms with Crippen molar-refractivity contribution in [3.8, 4) is 0 Å². The number of carboxylic acid groups (broad SMARTS) is 1. The number of rotatable bonds is 7. The predicted octanol–water partition coefficient (Wildman–Crippen LogP) is 2.24. The lowest BCUT2D eigenvalue weighted by Gasteiger charge is -2.40. The number of aromatic nitrogens is 2. The van der Waals surface area contributed by atoms with Gasteiger partial charge >= 0.3 is 5.97 Å². The maximum Gasteiger partial charge on any atom is 0.307 e. The van der Waals surface area contributed by atoms with Gasteiger partial charge in [0.15, 0.2) is 0 Å². The van der Waals surface area contributed by atoms with Crippen LogP contribution in [0.5, 0.6) is 0 Å². The number of hydrogen-bond acceptors (Lipinski definition) is 5. The van der Waals surface area contributed by atoms with Crippen LogP contribution in [0.2, 0.25) is 0 Å². The molecule has 1 aliphatic heterocycles. The minimum absolute atomic E-state index is 0.0725. The van der Waals surface area contributed by atoms with Gasteiger partial charge in [-0.1, -0.05) is 0 Å². The Morgan fingerprint density at radius 3 is 2.69 bits per heavy atom. The van der Waals surface area contributed by atoms with Gasteiger partial charge in [0.1, 0.15) is 11.5 Å². The van der Waals surface area contributed by atoms with Crippen LogP contribution in [-0.2, 0) is 34.2 Å². The number of aliphatic hydroxyl groups excluding tert-OH is 1. The van der Waals surface area contributed by atoms with Gasteiger partial charge in [0.2, 0.25) is 10.0 Å². The molecular formula is C22H24FN3O5S. The number of halogens is 1. The Balaban J connectivity index is 1.78. The van der Waals surface area contributed by atoms with Crippen molar-refractivity contribution in [3.05, 3.63) is 59.7 Å². The third-order valence-corrected chi connectivity index (χ3v) is 7.43. The van der Waals surface area contributed by atoms with Crippen molar-refractivity contribution in [1.82, 2.24) is 14.3 Å². The maximum atomic E-state index is 13.3. The second-order valence-electron chi connectivity index (χ2n) is 8.35. The van der Waals surface area contributed by atoms with E-state index >= 15 is 0 Å². The Bertz CT molecular complexity index is 1270. The molecule has 2 atom stereocenters. The zero-order valence-corrected chi connectivity index (χ0v) is 18.3. The van der Waals surface area contributed by atoms with Crippen molar-refractivity contribution in [2.24, 2.45) is 0 Å². The number of carbonyl (C=O) groups is 1. The zero-order valence-electron chi connectivity index (χ0n) is 17.5. The quantitative estimate of drug-likeness (QED) is 0.496. The largest absolute Gasteiger partial charge is 0.481 e. The molecule has 1 aromatic carbocycles. The van der Waals surface area contributed by atoms with E-state index < -0.39 is 33.5 Å². The third kappa shape index (κ3) is 4.25. The number of aliphatic hydroxyl groups is 1. The molecule has 2 unspecified atom stereocenters. The molecule has 32 heavy (non-hydrogen) atoms. The van der Waals surface area contributed by atoms with Crippen LogP contribution in [0, 0.1) is 5.82 Å². The van der Waals surface area contributed by atoms with Crippen LogP contribution in [-0.4, -0.2) is 45.8 Å². The average molecular weight is 462 g/mol. The number of fused-ring (bicyclic) bond motifs is 3. The molecule has 0 saturated heterocycles. The monoisotopic (exact) mass is 461 g/mol. The van der Waals surface area contributed by atoms with Gasteiger partial charge < -0.3 is 14.8 Å². The molecule has 170 valence electrons. The lowest BCUT2D eigenvalue weighted by Crippen LogP contribution is -2.55. The summed E-state index contributed by atoms with van der Waals surface area (Å²) in [4.78, 5) is 15.8. The molecule has 0 fully saturated rings. The molecule has 0 spiro atoms. The Morgan fingerprint density at radius 1 is 1.31 bits per heavy atom. The SMILES string of the molecule is CC(O)CC1(NS(=O)(=O)c2ccc(F)cc2)CCc2c(CC(=O)O)c3cccnc3n2C1. The van der Waals surface area contributed by atoms with Crippen molar-refractivity contribution in [2.75, 3.05) is 0 Å². The fraction of sp³-hybridized carbons (Fsp3) is 0.364. The maximum absolute atomic E-state index is 13.3. The summed E-state index contributed by atoms with van der Waals surface area (Å²) in [5.74, 6) is -1.50. The molecule has 8 nitrogen and oxygen atoms in total. The molecule has 0 radical (unpaired) electrons. The van der Waals surface area contributed by atoms with E-state index in [-0.39, 0.29) is 24.3 Å². The lowest BCUT2D eigenvalue weighted by molar-refractivity contribution is -0.136. The minimum Gasteiger partial charge on any atom is -0.481 e. The van der Waals surface area contributed by atoms with Gasteiger partial charge in [-0.15, -0.1) is 0 Å². The smallest absolute Gasteiger partial charge is 0.307 e. The predicted molar refractivity (Wildman–Crippen MR) is 115 cm³/mol. The molecule has 10 heteroatoms. The molecule has 3 N–H and O–H groups in total. The second-order valence-corrected chi connectivity index (χ2v) is 10.0. The van der Waals surface area contributed by atoms with E-state index in [4.69, 9.17) is 0 Å². The molecule has 3 aromatic rings. The fourth-order valence-corrected chi connectivity index (χ4v) is 6.08. The van der Waals surface area contributed by atoms with Crippen LogP contribution in [0.1, 0.15) is 31.0 Å². The fourth-order valence-electron chi connectivity index (χ4n) is 4.65. The molecule has 0 saturated carbocycles. The number of nitrogens with one attached hydrogen (secondary N) is 1. The summed E-state index contributed by atoms with van der Waals surface area (Å²) in [6.07, 6.45) is 1.58. The second kappa shape index (κ2) is 8.27. The number of nitrogens with zero attached hydrogens (tertiary/aromatic N) is 2. The first kappa shape index (κ1) is 22.4. The number of pyridine rings is 1. The highest BCUT2D eigenvalue weighted by Crippen LogP contribution is 2.36. The van der Waals surface area contributed by atoms with E-state index in [2.05, 4.69) is 9.71 Å². The van der Waals surface area contributed by atoms with Crippen LogP contribution in [0.15, 0.2) is 47.5 Å². The van der Waals surface area contributed by atoms with Crippen LogP contribution in [0.25, 0.3) is 11.0 Å². The van der Waals surface area contributed by atoms with Gasteiger partial charge in [0.25, 0.3) is 0 Å². The standard InChI is InChI=1S/C22H24FN3O5S/c1-14(27)12-22(25-32(30,31)16-6-4-15(23)5-7-16)9-8-19-18(11-20(28)29)17-3-2-10-24-21(17)26(19)13-22/h2-7,10,14,25,27H,8-9,11-13H2,1H3,(H,28,29). The topological polar surface area (TPSA) is 122 Å². The molecule has 0 aliphatic carbocycles. The normalized spacial score (nSPS) is 19.6. The first-order valence-corrected chi connectivity index (χ1v) is 11.7. The average Bonchev–Trinajstić information content (AvgIpc) is 3.00. The van der Waals surface area contributed by atoms with Crippen LogP contribution < -0.4 is 4.72 Å². The summed E-state index contributed by atoms with van der Waals surface area (Å²) in [7, 11) is -4.00. The van der Waals surface area contributed by atoms with Gasteiger partial charge in [-0.05, 0) is 68.1 Å². The Morgan fingerprint density at radius 2 is 2.03 bits per heavy atom. The Labute approximate surface area is 184 Å². The first-order valence-electron chi connectivity index (χ1n) is 10.2. The molecule has 3 heterocycles. The van der Waals surface area contributed by atoms with E-state index in [0.29, 0.717) is 24.1 Å². The van der Waals surface area contributed by atoms with E-state index in [1.54, 1.807) is 19.2 Å². The highest BCUT2D eigenvalue weighted by Gasteiger charge is 2.41. The van der Waals surface area contributed by atoms with Gasteiger partial charge in [0.05, 0.1) is 23.0 Å². The van der Waals surface area contributed by atoms with E-state index in [0.717, 1.165) is 23.2 Å². The number of carboxylic acids is 1. The van der Waals surface area contributed by atoms with E-state index in [1.807, 2.05) is 10.6 Å². The summed E-state index contributed by atoms with van der Waals surface area (Å²) < 4.78 is 44.1. The highest BCUT2D eigenvalue weighted by molar-refractivity contribution is 7.89. The molecule has 0 bridgehead atoms. The summed E-state index contributed by atoms with van der Waals surface area (Å²) in [5.41, 5.74) is 1.03. The number of sulfonamides is 1. The van der Waals surface area contributed by atoms with Crippen molar-refractivity contribution in [1.29, 1.82) is 0 Å². The van der Waals surface area contributed by atoms with Gasteiger partial charge in [-0.3, -0.25) is 4.79 Å². The molecule has 4 rings (SSSR count). The first-order chi connectivity index (χ1) is 15.1. The third-order valence-electron chi connectivity index (χ3n) is 5.83. The number of benzene rings is 1. The molecular weight excluding hydrogens is 437 g/mol. The van der Waals surface area contributed by atoms with E-state index in [9.17, 15) is 27.8 Å². The molecule has 2 aromatic heterocycles. The Hall–Kier alpha value is -2.82. The van der Waals surface area contributed by atoms with Gasteiger partial charge in [0, 0.05) is 23.8 Å². The van der Waals surface area contributed by atoms with Crippen molar-refractivity contribution < 1.29 is 27.8 Å². The number of hydrogen-bond donors (Lipinski definition) is 3. The van der Waals surface area contributed by atoms with Crippen LogP contribution in [0.3, 0.4) is 0 Å². The lowest BCUT2D eigenvalue weighted by atomic mass is 9.84. The zero-order chi connectivity index (χ0) is 23.1. The van der Waals surface area contributed by atoms with Gasteiger partial charge in [-0.25, -0.2) is 22.5 Å². The summed E-state index contributed by atoms with van der Waals surface area (Å²) in [6, 6.07) is 8.09. The minimum atomic E-state index is -4.00. The van der Waals surface area contributed by atoms with Gasteiger partial charge in [-0.2, -0.15) is 0 Å². The van der Waals surface area contributed by atoms with Crippen LogP contribution >= 0.6 is 0 Å². The Kier molecular flexibility index (Phi) is 5.78. The van der Waals surface area contributed by atoms with Crippen molar-refractivity contribution in [2.45, 2.75) is 55.7 Å². The number of aliphatic carboxylic acids is 1. The summed E-state index contributed by atoms with van der Waals surface area (Å²) in [5, 5.41) is 20.3. The molecule has 0 amide bonds. The van der Waals surface area contributed by atoms with Crippen molar-refractivity contribution >= 4 is 27.0 Å².